The summed E-state index contributed by atoms with van der Waals surface area (Å²) < 4.78 is 0. The maximum Gasteiger partial charge on any atom is 0.329 e. The first-order valence-electron chi connectivity index (χ1n) is 4.89. The van der Waals surface area contributed by atoms with Crippen LogP contribution in [0.25, 0.3) is 16.4 Å². The zero-order valence-corrected chi connectivity index (χ0v) is 8.98. The first kappa shape index (κ1) is 11.6. The lowest BCUT2D eigenvalue weighted by atomic mass is 10.1. The van der Waals surface area contributed by atoms with E-state index in [1.54, 1.807) is 24.3 Å². The van der Waals surface area contributed by atoms with Gasteiger partial charge in [-0.1, -0.05) is 12.1 Å². The highest BCUT2D eigenvalue weighted by Crippen LogP contribution is 2.24. The lowest BCUT2D eigenvalue weighted by molar-refractivity contribution is -0.383. The van der Waals surface area contributed by atoms with Crippen LogP contribution >= 0.6 is 0 Å². The highest BCUT2D eigenvalue weighted by Gasteiger charge is 2.19. The Morgan fingerprint density at radius 3 is 2.83 bits per heavy atom. The summed E-state index contributed by atoms with van der Waals surface area (Å²) in [6, 6.07) is 7.48. The normalized spacial score (nSPS) is 9.78. The molecule has 0 fully saturated rings. The number of hydrogen-bond acceptors (Lipinski definition) is 4. The molecule has 0 saturated carbocycles. The van der Waals surface area contributed by atoms with Crippen molar-refractivity contribution < 1.29 is 14.5 Å². The molecule has 7 nitrogen and oxygen atoms in total. The molecular weight excluding hydrogens is 236 g/mol. The number of benzene rings is 1. The van der Waals surface area contributed by atoms with E-state index in [-0.39, 0.29) is 11.4 Å². The van der Waals surface area contributed by atoms with Gasteiger partial charge in [0.25, 0.3) is 11.5 Å². The molecule has 0 aliphatic heterocycles. The number of nitro groups is 1. The van der Waals surface area contributed by atoms with Crippen molar-refractivity contribution in [2.45, 2.75) is 0 Å². The van der Waals surface area contributed by atoms with Crippen LogP contribution in [0.4, 0.5) is 5.69 Å². The van der Waals surface area contributed by atoms with Gasteiger partial charge in [-0.25, -0.2) is 4.98 Å². The molecule has 0 unspecified atom stereocenters. The Balaban J connectivity index is 2.76. The Bertz CT molecular complexity index is 705. The molecule has 2 rings (SSSR count). The quantitative estimate of drug-likeness (QED) is 0.203. The second-order valence-corrected chi connectivity index (χ2v) is 3.41. The van der Waals surface area contributed by atoms with E-state index in [2.05, 4.69) is 9.77 Å². The number of pyridine rings is 1. The van der Waals surface area contributed by atoms with Crippen LogP contribution in [0.2, 0.25) is 0 Å². The SMILES string of the molecule is [N-]=[N+]=CC(=O)c1cc([N+](=O)[O-])c2ccccc2n1. The minimum atomic E-state index is -0.702. The average molecular weight is 242 g/mol. The third-order valence-electron chi connectivity index (χ3n) is 2.32. The molecule has 2 aromatic rings. The maximum atomic E-state index is 11.5. The molecule has 0 bridgehead atoms. The number of carbonyl (C=O) groups excluding carboxylic acids is 1. The van der Waals surface area contributed by atoms with E-state index in [1.165, 1.54) is 0 Å². The number of rotatable bonds is 3. The summed E-state index contributed by atoms with van der Waals surface area (Å²) in [6.45, 7) is 0. The van der Waals surface area contributed by atoms with E-state index in [4.69, 9.17) is 5.53 Å². The molecule has 0 spiro atoms. The Morgan fingerprint density at radius 2 is 2.17 bits per heavy atom. The van der Waals surface area contributed by atoms with Crippen LogP contribution in [0, 0.1) is 10.1 Å². The monoisotopic (exact) mass is 242 g/mol. The molecule has 0 N–H and O–H groups in total. The van der Waals surface area contributed by atoms with E-state index in [9.17, 15) is 14.9 Å². The van der Waals surface area contributed by atoms with Gasteiger partial charge in [0.15, 0.2) is 0 Å². The maximum absolute atomic E-state index is 11.5. The van der Waals surface area contributed by atoms with Gasteiger partial charge in [0.1, 0.15) is 5.69 Å². The Hall–Kier alpha value is -2.92. The highest BCUT2D eigenvalue weighted by molar-refractivity contribution is 6.33. The van der Waals surface area contributed by atoms with Crippen LogP contribution in [0.15, 0.2) is 30.3 Å². The third kappa shape index (κ3) is 1.98. The Kier molecular flexibility index (Phi) is 2.90. The van der Waals surface area contributed by atoms with Crippen molar-refractivity contribution in [3.63, 3.8) is 0 Å². The zero-order chi connectivity index (χ0) is 13.1. The average Bonchev–Trinajstić information content (AvgIpc) is 2.37. The van der Waals surface area contributed by atoms with Gasteiger partial charge in [0.05, 0.1) is 15.8 Å². The highest BCUT2D eigenvalue weighted by atomic mass is 16.6. The van der Waals surface area contributed by atoms with E-state index in [1.807, 2.05) is 0 Å². The molecule has 0 amide bonds. The lowest BCUT2D eigenvalue weighted by Gasteiger charge is -2.00. The summed E-state index contributed by atoms with van der Waals surface area (Å²) in [5.74, 6) is -0.702. The molecule has 1 aromatic carbocycles. The molecule has 0 saturated heterocycles. The van der Waals surface area contributed by atoms with E-state index >= 15 is 0 Å². The third-order valence-corrected chi connectivity index (χ3v) is 2.32. The first-order valence-corrected chi connectivity index (χ1v) is 4.89. The molecule has 88 valence electrons. The Labute approximate surface area is 100 Å². The minimum Gasteiger partial charge on any atom is -0.361 e. The fourth-order valence-corrected chi connectivity index (χ4v) is 1.55. The summed E-state index contributed by atoms with van der Waals surface area (Å²) in [6.07, 6.45) is 0.640. The minimum absolute atomic E-state index is 0.141. The van der Waals surface area contributed by atoms with Gasteiger partial charge in [-0.15, -0.1) is 0 Å². The number of hydrogen-bond donors (Lipinski definition) is 0. The number of Topliss-reactive ketones (excluding diaryl/α,β-unsaturated/α-hetero) is 1. The summed E-state index contributed by atoms with van der Waals surface area (Å²) in [7, 11) is 0. The van der Waals surface area contributed by atoms with Gasteiger partial charge in [-0.05, 0) is 12.1 Å². The second kappa shape index (κ2) is 4.52. The molecular formula is C11H6N4O3. The molecule has 1 aromatic heterocycles. The van der Waals surface area contributed by atoms with Gasteiger partial charge in [0, 0.05) is 6.07 Å². The van der Waals surface area contributed by atoms with Crippen molar-refractivity contribution in [2.75, 3.05) is 0 Å². The van der Waals surface area contributed by atoms with Crippen LogP contribution < -0.4 is 0 Å². The number of carbonyl (C=O) groups is 1. The van der Waals surface area contributed by atoms with Crippen molar-refractivity contribution >= 4 is 28.6 Å². The summed E-state index contributed by atoms with van der Waals surface area (Å²) in [5, 5.41) is 11.3. The van der Waals surface area contributed by atoms with Crippen molar-refractivity contribution in [1.82, 2.24) is 4.98 Å². The van der Waals surface area contributed by atoms with Gasteiger partial charge >= 0.3 is 6.21 Å². The predicted octanol–water partition coefficient (Wildman–Crippen LogP) is 1.63. The predicted molar refractivity (Wildman–Crippen MR) is 62.4 cm³/mol. The Morgan fingerprint density at radius 1 is 1.44 bits per heavy atom. The van der Waals surface area contributed by atoms with E-state index < -0.39 is 10.7 Å². The van der Waals surface area contributed by atoms with Gasteiger partial charge in [-0.2, -0.15) is 4.79 Å². The van der Waals surface area contributed by atoms with Crippen LogP contribution in [-0.4, -0.2) is 26.7 Å². The number of aromatic nitrogens is 1. The molecule has 0 radical (unpaired) electrons. The van der Waals surface area contributed by atoms with E-state index in [0.29, 0.717) is 17.1 Å². The van der Waals surface area contributed by atoms with Crippen molar-refractivity contribution in [2.24, 2.45) is 0 Å². The number of fused-ring (bicyclic) bond motifs is 1. The summed E-state index contributed by atoms with van der Waals surface area (Å²) in [5.41, 5.74) is 8.26. The number of para-hydroxylation sites is 1. The molecule has 18 heavy (non-hydrogen) atoms. The molecule has 0 aliphatic carbocycles. The van der Waals surface area contributed by atoms with Gasteiger partial charge in [-0.3, -0.25) is 14.9 Å². The summed E-state index contributed by atoms with van der Waals surface area (Å²) >= 11 is 0. The van der Waals surface area contributed by atoms with Crippen molar-refractivity contribution in [3.05, 3.63) is 51.7 Å². The van der Waals surface area contributed by atoms with Crippen LogP contribution in [0.3, 0.4) is 0 Å². The molecule has 1 heterocycles. The fourth-order valence-electron chi connectivity index (χ4n) is 1.55. The number of ketones is 1. The standard InChI is InChI=1S/C11H6N4O3/c12-13-6-11(16)9-5-10(15(17)18)7-3-1-2-4-8(7)14-9/h1-6H. The van der Waals surface area contributed by atoms with Crippen molar-refractivity contribution in [3.8, 4) is 0 Å². The molecule has 0 atom stereocenters. The smallest absolute Gasteiger partial charge is 0.329 e. The van der Waals surface area contributed by atoms with Crippen LogP contribution in [0.1, 0.15) is 10.5 Å². The van der Waals surface area contributed by atoms with Crippen LogP contribution in [-0.2, 0) is 0 Å². The summed E-state index contributed by atoms with van der Waals surface area (Å²) in [4.78, 5) is 28.4. The lowest BCUT2D eigenvalue weighted by Crippen LogP contribution is -2.05. The zero-order valence-electron chi connectivity index (χ0n) is 8.98. The first-order chi connectivity index (χ1) is 8.63. The van der Waals surface area contributed by atoms with Crippen molar-refractivity contribution in [1.29, 1.82) is 0 Å². The fraction of sp³-hybridized carbons (Fsp3) is 0. The number of nitrogens with zero attached hydrogens (tertiary/aromatic N) is 4. The molecule has 0 aliphatic rings. The second-order valence-electron chi connectivity index (χ2n) is 3.41. The van der Waals surface area contributed by atoms with Gasteiger partial charge in [0.2, 0.25) is 0 Å². The largest absolute Gasteiger partial charge is 0.361 e. The van der Waals surface area contributed by atoms with Gasteiger partial charge < -0.3 is 5.53 Å². The van der Waals surface area contributed by atoms with E-state index in [0.717, 1.165) is 6.07 Å². The van der Waals surface area contributed by atoms with Crippen LogP contribution in [0.5, 0.6) is 0 Å². The molecule has 7 heteroatoms. The topological polar surface area (TPSA) is 110 Å².